The number of nitrogens with one attached hydrogen (secondary N) is 2. The molecule has 0 saturated carbocycles. The van der Waals surface area contributed by atoms with Crippen LogP contribution < -0.4 is 15.4 Å². The molecule has 0 spiro atoms. The van der Waals surface area contributed by atoms with Crippen LogP contribution in [-0.4, -0.2) is 16.8 Å². The van der Waals surface area contributed by atoms with Crippen molar-refractivity contribution in [3.63, 3.8) is 0 Å². The number of pyridine rings is 1. The van der Waals surface area contributed by atoms with Crippen LogP contribution in [0.1, 0.15) is 18.1 Å². The number of hydrogen-bond acceptors (Lipinski definition) is 4. The third-order valence-electron chi connectivity index (χ3n) is 3.96. The molecule has 0 unspecified atom stereocenters. The number of rotatable bonds is 6. The summed E-state index contributed by atoms with van der Waals surface area (Å²) in [5.41, 5.74) is 3.13. The van der Waals surface area contributed by atoms with Gasteiger partial charge in [-0.05, 0) is 66.6 Å². The zero-order chi connectivity index (χ0) is 20.6. The Kier molecular flexibility index (Phi) is 6.37. The van der Waals surface area contributed by atoms with Crippen molar-refractivity contribution in [2.24, 2.45) is 0 Å². The largest absolute Gasteiger partial charge is 0.455 e. The van der Waals surface area contributed by atoms with Crippen LogP contribution >= 0.6 is 0 Å². The summed E-state index contributed by atoms with van der Waals surface area (Å²) in [6.45, 7) is 3.37. The minimum atomic E-state index is -0.240. The van der Waals surface area contributed by atoms with Gasteiger partial charge in [-0.25, -0.2) is 0 Å². The van der Waals surface area contributed by atoms with Gasteiger partial charge in [-0.3, -0.25) is 14.6 Å². The van der Waals surface area contributed by atoms with Crippen LogP contribution in [0.15, 0.2) is 73.1 Å². The molecule has 1 aromatic heterocycles. The molecule has 0 atom stereocenters. The molecule has 2 amide bonds. The molecule has 2 aromatic carbocycles. The van der Waals surface area contributed by atoms with Gasteiger partial charge in [0.2, 0.25) is 11.8 Å². The topological polar surface area (TPSA) is 80.3 Å². The van der Waals surface area contributed by atoms with Gasteiger partial charge in [-0.2, -0.15) is 0 Å². The Labute approximate surface area is 169 Å². The van der Waals surface area contributed by atoms with Gasteiger partial charge in [0.1, 0.15) is 11.5 Å². The molecular weight excluding hydrogens is 366 g/mol. The van der Waals surface area contributed by atoms with Crippen molar-refractivity contribution in [3.05, 3.63) is 84.2 Å². The Hall–Kier alpha value is -3.93. The first-order valence-electron chi connectivity index (χ1n) is 9.05. The Balaban J connectivity index is 1.59. The van der Waals surface area contributed by atoms with Gasteiger partial charge in [0.25, 0.3) is 0 Å². The zero-order valence-electron chi connectivity index (χ0n) is 16.2. The molecular formula is C23H21N3O3. The highest BCUT2D eigenvalue weighted by Crippen LogP contribution is 2.26. The lowest BCUT2D eigenvalue weighted by Gasteiger charge is -2.10. The molecule has 0 aliphatic heterocycles. The molecule has 29 heavy (non-hydrogen) atoms. The second kappa shape index (κ2) is 9.32. The van der Waals surface area contributed by atoms with Crippen LogP contribution in [0.3, 0.4) is 0 Å². The van der Waals surface area contributed by atoms with Gasteiger partial charge in [0.05, 0.1) is 6.20 Å². The molecule has 1 heterocycles. The Morgan fingerprint density at radius 3 is 2.41 bits per heavy atom. The predicted octanol–water partition coefficient (Wildman–Crippen LogP) is 4.79. The molecule has 0 aliphatic carbocycles. The van der Waals surface area contributed by atoms with Gasteiger partial charge >= 0.3 is 0 Å². The van der Waals surface area contributed by atoms with Gasteiger partial charge in [-0.15, -0.1) is 0 Å². The van der Waals surface area contributed by atoms with E-state index in [1.54, 1.807) is 42.7 Å². The summed E-state index contributed by atoms with van der Waals surface area (Å²) in [4.78, 5) is 27.2. The van der Waals surface area contributed by atoms with E-state index in [1.807, 2.05) is 37.3 Å². The van der Waals surface area contributed by atoms with E-state index in [9.17, 15) is 9.59 Å². The number of anilines is 2. The van der Waals surface area contributed by atoms with E-state index in [4.69, 9.17) is 4.74 Å². The first kappa shape index (κ1) is 19.8. The van der Waals surface area contributed by atoms with E-state index in [2.05, 4.69) is 15.6 Å². The summed E-state index contributed by atoms with van der Waals surface area (Å²) in [5, 5.41) is 5.53. The summed E-state index contributed by atoms with van der Waals surface area (Å²) >= 11 is 0. The number of hydrogen-bond donors (Lipinski definition) is 2. The summed E-state index contributed by atoms with van der Waals surface area (Å²) < 4.78 is 5.79. The number of ether oxygens (including phenoxy) is 1. The van der Waals surface area contributed by atoms with Gasteiger partial charge in [0, 0.05) is 30.6 Å². The lowest BCUT2D eigenvalue weighted by atomic mass is 10.2. The average Bonchev–Trinajstić information content (AvgIpc) is 2.70. The van der Waals surface area contributed by atoms with Crippen LogP contribution in [0.4, 0.5) is 11.4 Å². The highest BCUT2D eigenvalue weighted by atomic mass is 16.5. The van der Waals surface area contributed by atoms with Crippen LogP contribution in [0, 0.1) is 6.92 Å². The van der Waals surface area contributed by atoms with Crippen molar-refractivity contribution >= 4 is 29.3 Å². The van der Waals surface area contributed by atoms with Gasteiger partial charge in [-0.1, -0.05) is 12.1 Å². The molecule has 3 rings (SSSR count). The highest BCUT2D eigenvalue weighted by molar-refractivity contribution is 6.02. The van der Waals surface area contributed by atoms with Crippen molar-refractivity contribution in [2.45, 2.75) is 13.8 Å². The number of benzene rings is 2. The fraction of sp³-hybridized carbons (Fsp3) is 0.0870. The first-order chi connectivity index (χ1) is 14.0. The minimum absolute atomic E-state index is 0.125. The molecule has 2 N–H and O–H groups in total. The third-order valence-corrected chi connectivity index (χ3v) is 3.96. The maximum atomic E-state index is 12.2. The van der Waals surface area contributed by atoms with E-state index in [1.165, 1.54) is 13.0 Å². The number of amides is 2. The van der Waals surface area contributed by atoms with Crippen molar-refractivity contribution < 1.29 is 14.3 Å². The fourth-order valence-electron chi connectivity index (χ4n) is 2.61. The quantitative estimate of drug-likeness (QED) is 0.596. The Morgan fingerprint density at radius 1 is 1.00 bits per heavy atom. The second-order valence-corrected chi connectivity index (χ2v) is 6.40. The molecule has 0 saturated heterocycles. The highest BCUT2D eigenvalue weighted by Gasteiger charge is 2.05. The van der Waals surface area contributed by atoms with Crippen molar-refractivity contribution in [3.8, 4) is 11.5 Å². The Morgan fingerprint density at radius 2 is 1.76 bits per heavy atom. The standard InChI is InChI=1S/C23H21N3O3/c1-16-14-20(10-11-22(16)29-21-4-3-13-24-15-21)26-23(28)12-7-18-5-8-19(9-6-18)25-17(2)27/h3-15H,1-2H3,(H,25,27)(H,26,28). The van der Waals surface area contributed by atoms with Gasteiger partial charge < -0.3 is 15.4 Å². The molecule has 146 valence electrons. The van der Waals surface area contributed by atoms with Crippen LogP contribution in [0.25, 0.3) is 6.08 Å². The van der Waals surface area contributed by atoms with Crippen LogP contribution in [-0.2, 0) is 9.59 Å². The maximum absolute atomic E-state index is 12.2. The molecule has 0 fully saturated rings. The van der Waals surface area contributed by atoms with Crippen molar-refractivity contribution in [1.82, 2.24) is 4.98 Å². The minimum Gasteiger partial charge on any atom is -0.455 e. The Bertz CT molecular complexity index is 1030. The van der Waals surface area contributed by atoms with Crippen molar-refractivity contribution in [1.29, 1.82) is 0 Å². The molecule has 0 bridgehead atoms. The normalized spacial score (nSPS) is 10.6. The van der Waals surface area contributed by atoms with Crippen LogP contribution in [0.2, 0.25) is 0 Å². The number of nitrogens with zero attached hydrogens (tertiary/aromatic N) is 1. The molecule has 0 radical (unpaired) electrons. The average molecular weight is 387 g/mol. The molecule has 6 nitrogen and oxygen atoms in total. The number of aryl methyl sites for hydroxylation is 1. The number of carbonyl (C=O) groups is 2. The van der Waals surface area contributed by atoms with E-state index in [-0.39, 0.29) is 11.8 Å². The summed E-state index contributed by atoms with van der Waals surface area (Å²) in [6, 6.07) is 16.3. The second-order valence-electron chi connectivity index (χ2n) is 6.40. The number of carbonyl (C=O) groups excluding carboxylic acids is 2. The van der Waals surface area contributed by atoms with Crippen molar-refractivity contribution in [2.75, 3.05) is 10.6 Å². The number of aromatic nitrogens is 1. The smallest absolute Gasteiger partial charge is 0.248 e. The lowest BCUT2D eigenvalue weighted by Crippen LogP contribution is -2.08. The summed E-state index contributed by atoms with van der Waals surface area (Å²) in [7, 11) is 0. The predicted molar refractivity (Wildman–Crippen MR) is 114 cm³/mol. The monoisotopic (exact) mass is 387 g/mol. The van der Waals surface area contributed by atoms with Gasteiger partial charge in [0.15, 0.2) is 0 Å². The molecule has 3 aromatic rings. The van der Waals surface area contributed by atoms with E-state index >= 15 is 0 Å². The van der Waals surface area contributed by atoms with Crippen LogP contribution in [0.5, 0.6) is 11.5 Å². The third kappa shape index (κ3) is 6.04. The molecule has 0 aliphatic rings. The van der Waals surface area contributed by atoms with E-state index in [0.29, 0.717) is 22.9 Å². The summed E-state index contributed by atoms with van der Waals surface area (Å²) in [5.74, 6) is 0.988. The zero-order valence-corrected chi connectivity index (χ0v) is 16.2. The fourth-order valence-corrected chi connectivity index (χ4v) is 2.61. The first-order valence-corrected chi connectivity index (χ1v) is 9.05. The van der Waals surface area contributed by atoms with E-state index in [0.717, 1.165) is 11.1 Å². The molecule has 6 heteroatoms. The summed E-state index contributed by atoms with van der Waals surface area (Å²) in [6.07, 6.45) is 6.49. The SMILES string of the molecule is CC(=O)Nc1ccc(C=CC(=O)Nc2ccc(Oc3cccnc3)c(C)c2)cc1. The maximum Gasteiger partial charge on any atom is 0.248 e. The van der Waals surface area contributed by atoms with E-state index < -0.39 is 0 Å². The lowest BCUT2D eigenvalue weighted by molar-refractivity contribution is -0.114.